The second kappa shape index (κ2) is 4.37. The van der Waals surface area contributed by atoms with Crippen LogP contribution in [0.2, 0.25) is 19.6 Å². The average molecular weight is 181 g/mol. The first kappa shape index (κ1) is 10.5. The molecule has 10 heavy (non-hydrogen) atoms. The van der Waals surface area contributed by atoms with E-state index in [9.17, 15) is 0 Å². The predicted octanol–water partition coefficient (Wildman–Crippen LogP) is 3.20. The fourth-order valence-corrected chi connectivity index (χ4v) is 2.57. The zero-order valence-corrected chi connectivity index (χ0v) is 9.03. The van der Waals surface area contributed by atoms with Crippen LogP contribution < -0.4 is 0 Å². The SMILES string of the molecule is CCCC(Cl)O[Si](C)(C)C. The van der Waals surface area contributed by atoms with Crippen molar-refractivity contribution in [1.82, 2.24) is 0 Å². The number of hydrogen-bond donors (Lipinski definition) is 0. The maximum absolute atomic E-state index is 5.88. The fraction of sp³-hybridized carbons (Fsp3) is 1.00. The van der Waals surface area contributed by atoms with Gasteiger partial charge < -0.3 is 4.43 Å². The minimum absolute atomic E-state index is 0.0586. The largest absolute Gasteiger partial charge is 0.402 e. The van der Waals surface area contributed by atoms with E-state index >= 15 is 0 Å². The van der Waals surface area contributed by atoms with E-state index in [0.717, 1.165) is 12.8 Å². The van der Waals surface area contributed by atoms with Crippen LogP contribution >= 0.6 is 11.6 Å². The lowest BCUT2D eigenvalue weighted by Gasteiger charge is -2.21. The number of alkyl halides is 1. The van der Waals surface area contributed by atoms with Gasteiger partial charge in [-0.25, -0.2) is 0 Å². The van der Waals surface area contributed by atoms with E-state index in [0.29, 0.717) is 0 Å². The van der Waals surface area contributed by atoms with Crippen LogP contribution in [0.3, 0.4) is 0 Å². The fourth-order valence-electron chi connectivity index (χ4n) is 0.670. The molecule has 1 unspecified atom stereocenters. The van der Waals surface area contributed by atoms with Gasteiger partial charge in [0.25, 0.3) is 0 Å². The van der Waals surface area contributed by atoms with E-state index in [1.54, 1.807) is 0 Å². The van der Waals surface area contributed by atoms with Crippen molar-refractivity contribution < 1.29 is 4.43 Å². The third-order valence-corrected chi connectivity index (χ3v) is 2.45. The van der Waals surface area contributed by atoms with Crippen molar-refractivity contribution in [3.63, 3.8) is 0 Å². The van der Waals surface area contributed by atoms with Gasteiger partial charge in [0, 0.05) is 0 Å². The lowest BCUT2D eigenvalue weighted by molar-refractivity contribution is 0.262. The standard InChI is InChI=1S/C7H17ClOSi/c1-5-6-7(8)9-10(2,3)4/h7H,5-6H2,1-4H3. The minimum atomic E-state index is -1.39. The highest BCUT2D eigenvalue weighted by Gasteiger charge is 2.18. The Labute approximate surface area is 69.9 Å². The third-order valence-electron chi connectivity index (χ3n) is 0.997. The first-order chi connectivity index (χ1) is 4.45. The van der Waals surface area contributed by atoms with Crippen molar-refractivity contribution in [2.75, 3.05) is 0 Å². The van der Waals surface area contributed by atoms with Crippen LogP contribution in [0.4, 0.5) is 0 Å². The second-order valence-corrected chi connectivity index (χ2v) is 8.38. The molecule has 0 aromatic carbocycles. The lowest BCUT2D eigenvalue weighted by atomic mass is 10.4. The summed E-state index contributed by atoms with van der Waals surface area (Å²) in [4.78, 5) is 0. The molecule has 0 N–H and O–H groups in total. The van der Waals surface area contributed by atoms with E-state index in [2.05, 4.69) is 26.6 Å². The van der Waals surface area contributed by atoms with E-state index in [1.165, 1.54) is 0 Å². The number of rotatable bonds is 4. The highest BCUT2D eigenvalue weighted by molar-refractivity contribution is 6.70. The molecule has 0 bridgehead atoms. The molecule has 0 rings (SSSR count). The minimum Gasteiger partial charge on any atom is -0.402 e. The summed E-state index contributed by atoms with van der Waals surface area (Å²) in [6, 6.07) is 0. The van der Waals surface area contributed by atoms with Crippen molar-refractivity contribution in [2.45, 2.75) is 45.0 Å². The summed E-state index contributed by atoms with van der Waals surface area (Å²) in [6.07, 6.45) is 2.06. The van der Waals surface area contributed by atoms with Crippen LogP contribution in [0, 0.1) is 0 Å². The molecular weight excluding hydrogens is 164 g/mol. The maximum Gasteiger partial charge on any atom is 0.185 e. The Morgan fingerprint density at radius 3 is 2.20 bits per heavy atom. The summed E-state index contributed by atoms with van der Waals surface area (Å²) in [6.45, 7) is 8.57. The van der Waals surface area contributed by atoms with Crippen LogP contribution in [0.5, 0.6) is 0 Å². The van der Waals surface area contributed by atoms with Crippen LogP contribution in [0.15, 0.2) is 0 Å². The summed E-state index contributed by atoms with van der Waals surface area (Å²) in [5.41, 5.74) is -0.0586. The zero-order valence-electron chi connectivity index (χ0n) is 7.28. The maximum atomic E-state index is 5.88. The van der Waals surface area contributed by atoms with Gasteiger partial charge in [-0.2, -0.15) is 0 Å². The van der Waals surface area contributed by atoms with Crippen molar-refractivity contribution in [3.05, 3.63) is 0 Å². The average Bonchev–Trinajstić information content (AvgIpc) is 1.59. The molecule has 0 radical (unpaired) electrons. The van der Waals surface area contributed by atoms with Crippen molar-refractivity contribution >= 4 is 19.9 Å². The summed E-state index contributed by atoms with van der Waals surface area (Å²) in [5.74, 6) is 0. The van der Waals surface area contributed by atoms with Gasteiger partial charge in [0.2, 0.25) is 0 Å². The van der Waals surface area contributed by atoms with Crippen LogP contribution in [0.1, 0.15) is 19.8 Å². The van der Waals surface area contributed by atoms with Crippen LogP contribution in [-0.2, 0) is 4.43 Å². The number of halogens is 1. The van der Waals surface area contributed by atoms with E-state index < -0.39 is 8.32 Å². The first-order valence-corrected chi connectivity index (χ1v) is 7.62. The molecule has 0 aliphatic carbocycles. The van der Waals surface area contributed by atoms with Crippen molar-refractivity contribution in [3.8, 4) is 0 Å². The highest BCUT2D eigenvalue weighted by atomic mass is 35.5. The van der Waals surface area contributed by atoms with Gasteiger partial charge in [0.1, 0.15) is 5.56 Å². The van der Waals surface area contributed by atoms with Gasteiger partial charge in [-0.15, -0.1) is 0 Å². The van der Waals surface area contributed by atoms with Crippen LogP contribution in [-0.4, -0.2) is 13.9 Å². The van der Waals surface area contributed by atoms with Gasteiger partial charge in [-0.1, -0.05) is 24.9 Å². The third kappa shape index (κ3) is 6.58. The lowest BCUT2D eigenvalue weighted by Crippen LogP contribution is -2.29. The van der Waals surface area contributed by atoms with Gasteiger partial charge in [0.05, 0.1) is 0 Å². The molecule has 1 atom stereocenters. The molecule has 0 fully saturated rings. The van der Waals surface area contributed by atoms with Crippen molar-refractivity contribution in [2.24, 2.45) is 0 Å². The molecule has 0 spiro atoms. The Morgan fingerprint density at radius 2 is 1.90 bits per heavy atom. The Kier molecular flexibility index (Phi) is 4.57. The van der Waals surface area contributed by atoms with Gasteiger partial charge in [-0.3, -0.25) is 0 Å². The molecule has 0 aliphatic rings. The Hall–Kier alpha value is 0.467. The summed E-state index contributed by atoms with van der Waals surface area (Å²) in [7, 11) is -1.39. The first-order valence-electron chi connectivity index (χ1n) is 3.77. The van der Waals surface area contributed by atoms with Gasteiger partial charge >= 0.3 is 0 Å². The summed E-state index contributed by atoms with van der Waals surface area (Å²) < 4.78 is 5.58. The Morgan fingerprint density at radius 1 is 1.40 bits per heavy atom. The normalized spacial score (nSPS) is 15.3. The Balaban J connectivity index is 3.47. The highest BCUT2D eigenvalue weighted by Crippen LogP contribution is 2.14. The molecule has 0 saturated heterocycles. The van der Waals surface area contributed by atoms with Crippen molar-refractivity contribution in [1.29, 1.82) is 0 Å². The molecule has 0 aromatic heterocycles. The van der Waals surface area contributed by atoms with Gasteiger partial charge in [-0.05, 0) is 26.1 Å². The molecule has 0 saturated carbocycles. The topological polar surface area (TPSA) is 9.23 Å². The molecule has 0 aliphatic heterocycles. The molecule has 3 heteroatoms. The zero-order chi connectivity index (χ0) is 8.20. The second-order valence-electron chi connectivity index (χ2n) is 3.43. The quantitative estimate of drug-likeness (QED) is 0.477. The molecule has 0 amide bonds. The molecule has 0 heterocycles. The Bertz CT molecular complexity index is 90.1. The predicted molar refractivity (Wildman–Crippen MR) is 49.0 cm³/mol. The molecule has 62 valence electrons. The summed E-state index contributed by atoms with van der Waals surface area (Å²) >= 11 is 5.88. The smallest absolute Gasteiger partial charge is 0.185 e. The monoisotopic (exact) mass is 180 g/mol. The number of hydrogen-bond acceptors (Lipinski definition) is 1. The summed E-state index contributed by atoms with van der Waals surface area (Å²) in [5, 5.41) is 0. The molecule has 0 aromatic rings. The van der Waals surface area contributed by atoms with E-state index in [-0.39, 0.29) is 5.56 Å². The van der Waals surface area contributed by atoms with E-state index in [4.69, 9.17) is 16.0 Å². The molecular formula is C7H17ClOSi. The van der Waals surface area contributed by atoms with E-state index in [1.807, 2.05) is 0 Å². The van der Waals surface area contributed by atoms with Crippen LogP contribution in [0.25, 0.3) is 0 Å². The van der Waals surface area contributed by atoms with Gasteiger partial charge in [0.15, 0.2) is 8.32 Å². The molecule has 1 nitrogen and oxygen atoms in total.